The van der Waals surface area contributed by atoms with Crippen LogP contribution in [0.2, 0.25) is 5.02 Å². The Labute approximate surface area is 232 Å². The van der Waals surface area contributed by atoms with E-state index in [0.717, 1.165) is 11.1 Å². The Bertz CT molecular complexity index is 1590. The quantitative estimate of drug-likeness (QED) is 0.274. The van der Waals surface area contributed by atoms with Crippen molar-refractivity contribution in [2.24, 2.45) is 7.05 Å². The number of pyridine rings is 1. The summed E-state index contributed by atoms with van der Waals surface area (Å²) in [5.41, 5.74) is 2.25. The summed E-state index contributed by atoms with van der Waals surface area (Å²) in [6.45, 7) is 5.66. The fourth-order valence-electron chi connectivity index (χ4n) is 4.19. The molecule has 0 unspecified atom stereocenters. The van der Waals surface area contributed by atoms with E-state index in [2.05, 4.69) is 0 Å². The second kappa shape index (κ2) is 11.0. The van der Waals surface area contributed by atoms with E-state index < -0.39 is 11.7 Å². The van der Waals surface area contributed by atoms with Gasteiger partial charge >= 0.3 is 6.09 Å². The molecule has 4 rings (SSSR count). The number of nitrogens with zero attached hydrogens (tertiary/aromatic N) is 2. The lowest BCUT2D eigenvalue weighted by molar-refractivity contribution is -0.671. The highest BCUT2D eigenvalue weighted by Crippen LogP contribution is 2.38. The van der Waals surface area contributed by atoms with Gasteiger partial charge in [0.1, 0.15) is 24.0 Å². The van der Waals surface area contributed by atoms with Crippen molar-refractivity contribution in [3.05, 3.63) is 75.7 Å². The molecule has 2 aromatic heterocycles. The molecule has 0 fully saturated rings. The lowest BCUT2D eigenvalue weighted by Crippen LogP contribution is -2.33. The number of carbonyl (C=O) groups is 1. The number of methoxy groups -OCH3 is 2. The van der Waals surface area contributed by atoms with Gasteiger partial charge in [-0.15, -0.1) is 0 Å². The minimum Gasteiger partial charge on any atom is -0.495 e. The summed E-state index contributed by atoms with van der Waals surface area (Å²) in [6, 6.07) is 12.6. The van der Waals surface area contributed by atoms with Gasteiger partial charge in [-0.05, 0) is 62.2 Å². The zero-order chi connectivity index (χ0) is 28.5. The standard InChI is InChI=1S/C30H32ClN2O6/c1-30(2,3)39-29(35)33(5)17-18-14-21(19-10-12-32(4)13-11-19)27-22(15-18)25(34)28(37-7)26(38-27)20-8-9-24(36-6)23(31)16-20/h8-16H,17H2,1-7H3/q+1. The Morgan fingerprint density at radius 1 is 1.03 bits per heavy atom. The predicted molar refractivity (Wildman–Crippen MR) is 150 cm³/mol. The van der Waals surface area contributed by atoms with Gasteiger partial charge in [0.05, 0.1) is 24.6 Å². The average molecular weight is 552 g/mol. The van der Waals surface area contributed by atoms with Crippen LogP contribution in [0.3, 0.4) is 0 Å². The van der Waals surface area contributed by atoms with E-state index in [9.17, 15) is 9.59 Å². The largest absolute Gasteiger partial charge is 0.495 e. The first-order valence-electron chi connectivity index (χ1n) is 12.3. The lowest BCUT2D eigenvalue weighted by atomic mass is 9.99. The molecule has 0 N–H and O–H groups in total. The number of ether oxygens (including phenoxy) is 3. The van der Waals surface area contributed by atoms with Crippen molar-refractivity contribution in [3.8, 4) is 33.9 Å². The third-order valence-electron chi connectivity index (χ3n) is 6.04. The molecule has 2 heterocycles. The number of hydrogen-bond donors (Lipinski definition) is 0. The number of aryl methyl sites for hydroxylation is 1. The molecule has 0 spiro atoms. The SMILES string of the molecule is COc1ccc(-c2oc3c(-c4cc[n+](C)cc4)cc(CN(C)C(=O)OC(C)(C)C)cc3c(=O)c2OC)cc1Cl. The maximum absolute atomic E-state index is 13.8. The van der Waals surface area contributed by atoms with E-state index in [-0.39, 0.29) is 23.5 Å². The van der Waals surface area contributed by atoms with E-state index in [0.29, 0.717) is 32.9 Å². The van der Waals surface area contributed by atoms with E-state index in [1.54, 1.807) is 31.3 Å². The molecule has 0 aliphatic rings. The first kappa shape index (κ1) is 28.0. The second-order valence-corrected chi connectivity index (χ2v) is 10.7. The van der Waals surface area contributed by atoms with E-state index in [4.69, 9.17) is 30.2 Å². The Balaban J connectivity index is 1.94. The van der Waals surface area contributed by atoms with Crippen molar-refractivity contribution < 1.29 is 28.0 Å². The zero-order valence-corrected chi connectivity index (χ0v) is 23.9. The monoisotopic (exact) mass is 551 g/mol. The van der Waals surface area contributed by atoms with Gasteiger partial charge in [0.15, 0.2) is 18.2 Å². The number of fused-ring (bicyclic) bond motifs is 1. The summed E-state index contributed by atoms with van der Waals surface area (Å²) < 4.78 is 24.7. The number of benzene rings is 2. The van der Waals surface area contributed by atoms with Crippen molar-refractivity contribution in [1.82, 2.24) is 4.90 Å². The normalized spacial score (nSPS) is 11.4. The molecule has 0 radical (unpaired) electrons. The van der Waals surface area contributed by atoms with Crippen molar-refractivity contribution >= 4 is 28.7 Å². The molecule has 2 aromatic carbocycles. The molecule has 39 heavy (non-hydrogen) atoms. The van der Waals surface area contributed by atoms with Crippen LogP contribution < -0.4 is 19.5 Å². The molecule has 0 saturated heterocycles. The van der Waals surface area contributed by atoms with Gasteiger partial charge in [0.2, 0.25) is 11.2 Å². The van der Waals surface area contributed by atoms with Crippen LogP contribution in [0.5, 0.6) is 11.5 Å². The summed E-state index contributed by atoms with van der Waals surface area (Å²) in [6.07, 6.45) is 3.35. The number of halogens is 1. The van der Waals surface area contributed by atoms with Gasteiger partial charge in [-0.2, -0.15) is 0 Å². The fourth-order valence-corrected chi connectivity index (χ4v) is 4.45. The summed E-state index contributed by atoms with van der Waals surface area (Å²) in [4.78, 5) is 27.9. The molecule has 9 heteroatoms. The van der Waals surface area contributed by atoms with Crippen LogP contribution in [-0.4, -0.2) is 37.9 Å². The number of rotatable bonds is 6. The number of carbonyl (C=O) groups excluding carboxylic acids is 1. The van der Waals surface area contributed by atoms with Gasteiger partial charge < -0.3 is 23.5 Å². The van der Waals surface area contributed by atoms with Gasteiger partial charge in [0, 0.05) is 36.9 Å². The average Bonchev–Trinajstić information content (AvgIpc) is 2.88. The highest BCUT2D eigenvalue weighted by Gasteiger charge is 2.23. The lowest BCUT2D eigenvalue weighted by Gasteiger charge is -2.25. The van der Waals surface area contributed by atoms with Crippen LogP contribution in [0.15, 0.2) is 64.1 Å². The third kappa shape index (κ3) is 6.01. The number of aromatic nitrogens is 1. The van der Waals surface area contributed by atoms with Crippen LogP contribution >= 0.6 is 11.6 Å². The molecule has 4 aromatic rings. The summed E-state index contributed by atoms with van der Waals surface area (Å²) in [7, 11) is 6.53. The highest BCUT2D eigenvalue weighted by molar-refractivity contribution is 6.32. The van der Waals surface area contributed by atoms with E-state index in [1.807, 2.05) is 63.0 Å². The molecule has 0 atom stereocenters. The molecule has 204 valence electrons. The fraction of sp³-hybridized carbons (Fsp3) is 0.300. The summed E-state index contributed by atoms with van der Waals surface area (Å²) in [5, 5.41) is 0.699. The summed E-state index contributed by atoms with van der Waals surface area (Å²) in [5.74, 6) is 0.798. The molecule has 0 saturated carbocycles. The van der Waals surface area contributed by atoms with Crippen LogP contribution in [0.1, 0.15) is 26.3 Å². The first-order chi connectivity index (χ1) is 18.4. The Morgan fingerprint density at radius 3 is 2.31 bits per heavy atom. The molecular formula is C30H32ClN2O6+. The van der Waals surface area contributed by atoms with Crippen molar-refractivity contribution in [2.45, 2.75) is 32.9 Å². The molecule has 8 nitrogen and oxygen atoms in total. The van der Waals surface area contributed by atoms with Crippen molar-refractivity contribution in [1.29, 1.82) is 0 Å². The molecule has 1 amide bonds. The molecular weight excluding hydrogens is 520 g/mol. The Hall–Kier alpha value is -4.04. The molecule has 0 bridgehead atoms. The van der Waals surface area contributed by atoms with Crippen molar-refractivity contribution in [2.75, 3.05) is 21.3 Å². The number of amides is 1. The minimum atomic E-state index is -0.630. The van der Waals surface area contributed by atoms with Gasteiger partial charge in [-0.3, -0.25) is 4.79 Å². The molecule has 0 aliphatic carbocycles. The van der Waals surface area contributed by atoms with E-state index in [1.165, 1.54) is 19.1 Å². The molecule has 0 aliphatic heterocycles. The van der Waals surface area contributed by atoms with E-state index >= 15 is 0 Å². The Morgan fingerprint density at radius 2 is 1.72 bits per heavy atom. The summed E-state index contributed by atoms with van der Waals surface area (Å²) >= 11 is 6.38. The maximum atomic E-state index is 13.8. The van der Waals surface area contributed by atoms with Gasteiger partial charge in [-0.25, -0.2) is 9.36 Å². The topological polar surface area (TPSA) is 82.1 Å². The van der Waals surface area contributed by atoms with Gasteiger partial charge in [-0.1, -0.05) is 11.6 Å². The highest BCUT2D eigenvalue weighted by atomic mass is 35.5. The van der Waals surface area contributed by atoms with Crippen LogP contribution in [-0.2, 0) is 18.3 Å². The maximum Gasteiger partial charge on any atom is 0.410 e. The minimum absolute atomic E-state index is 0.0480. The predicted octanol–water partition coefficient (Wildman–Crippen LogP) is 5.99. The number of hydrogen-bond acceptors (Lipinski definition) is 6. The Kier molecular flexibility index (Phi) is 7.88. The van der Waals surface area contributed by atoms with Crippen LogP contribution in [0.4, 0.5) is 4.79 Å². The smallest absolute Gasteiger partial charge is 0.410 e. The van der Waals surface area contributed by atoms with Gasteiger partial charge in [0.25, 0.3) is 0 Å². The van der Waals surface area contributed by atoms with Crippen molar-refractivity contribution in [3.63, 3.8) is 0 Å². The zero-order valence-electron chi connectivity index (χ0n) is 23.1. The second-order valence-electron chi connectivity index (χ2n) is 10.3. The van der Waals surface area contributed by atoms with Crippen LogP contribution in [0, 0.1) is 0 Å². The van der Waals surface area contributed by atoms with Crippen LogP contribution in [0.25, 0.3) is 33.4 Å². The first-order valence-corrected chi connectivity index (χ1v) is 12.7. The third-order valence-corrected chi connectivity index (χ3v) is 6.34.